The Morgan fingerprint density at radius 1 is 1.06 bits per heavy atom. The van der Waals surface area contributed by atoms with E-state index in [2.05, 4.69) is 23.9 Å². The minimum atomic E-state index is 0. The van der Waals surface area contributed by atoms with E-state index in [9.17, 15) is 0 Å². The summed E-state index contributed by atoms with van der Waals surface area (Å²) in [5.41, 5.74) is 0. The quantitative estimate of drug-likeness (QED) is 0.752. The van der Waals surface area contributed by atoms with E-state index in [-0.39, 0.29) is 12.4 Å². The highest BCUT2D eigenvalue weighted by molar-refractivity contribution is 5.85. The second kappa shape index (κ2) is 6.83. The van der Waals surface area contributed by atoms with Crippen LogP contribution in [0.5, 0.6) is 0 Å². The highest BCUT2D eigenvalue weighted by Gasteiger charge is 2.33. The van der Waals surface area contributed by atoms with Gasteiger partial charge >= 0.3 is 0 Å². The van der Waals surface area contributed by atoms with Gasteiger partial charge in [0.1, 0.15) is 0 Å². The molecule has 0 amide bonds. The maximum Gasteiger partial charge on any atom is 0.00129 e. The van der Waals surface area contributed by atoms with E-state index in [0.29, 0.717) is 0 Å². The molecule has 0 aromatic heterocycles. The molecule has 1 heterocycles. The molecule has 16 heavy (non-hydrogen) atoms. The maximum absolute atomic E-state index is 2.71. The summed E-state index contributed by atoms with van der Waals surface area (Å²) < 4.78 is 0. The van der Waals surface area contributed by atoms with Crippen molar-refractivity contribution in [1.82, 2.24) is 9.80 Å². The van der Waals surface area contributed by atoms with Crippen LogP contribution in [0.25, 0.3) is 0 Å². The van der Waals surface area contributed by atoms with Crippen molar-refractivity contribution in [3.8, 4) is 0 Å². The maximum atomic E-state index is 2.71. The SMILES string of the molecule is CN(C)CCCN1CC2CCCCC2C1.Cl. The van der Waals surface area contributed by atoms with Gasteiger partial charge in [-0.05, 0) is 58.3 Å². The fourth-order valence-electron chi connectivity index (χ4n) is 3.30. The summed E-state index contributed by atoms with van der Waals surface area (Å²) in [6.45, 7) is 5.37. The van der Waals surface area contributed by atoms with Gasteiger partial charge in [-0.1, -0.05) is 12.8 Å². The molecule has 0 aromatic carbocycles. The zero-order chi connectivity index (χ0) is 10.7. The van der Waals surface area contributed by atoms with Crippen molar-refractivity contribution < 1.29 is 0 Å². The van der Waals surface area contributed by atoms with E-state index in [1.165, 1.54) is 58.3 Å². The Balaban J connectivity index is 0.00000128. The predicted octanol–water partition coefficient (Wildman–Crippen LogP) is 2.48. The van der Waals surface area contributed by atoms with E-state index in [4.69, 9.17) is 0 Å². The molecule has 1 saturated heterocycles. The molecule has 0 aromatic rings. The highest BCUT2D eigenvalue weighted by atomic mass is 35.5. The van der Waals surface area contributed by atoms with Crippen molar-refractivity contribution in [1.29, 1.82) is 0 Å². The number of nitrogens with zero attached hydrogens (tertiary/aromatic N) is 2. The molecule has 2 unspecified atom stereocenters. The zero-order valence-corrected chi connectivity index (χ0v) is 11.6. The Bertz CT molecular complexity index is 182. The molecule has 1 aliphatic heterocycles. The fourth-order valence-corrected chi connectivity index (χ4v) is 3.30. The van der Waals surface area contributed by atoms with Crippen LogP contribution in [-0.4, -0.2) is 50.1 Å². The van der Waals surface area contributed by atoms with E-state index >= 15 is 0 Å². The Morgan fingerprint density at radius 2 is 1.62 bits per heavy atom. The lowest BCUT2D eigenvalue weighted by Crippen LogP contribution is -2.25. The fraction of sp³-hybridized carbons (Fsp3) is 1.00. The van der Waals surface area contributed by atoms with Crippen LogP contribution < -0.4 is 0 Å². The smallest absolute Gasteiger partial charge is 0.00129 e. The molecule has 2 nitrogen and oxygen atoms in total. The number of rotatable bonds is 4. The number of hydrogen-bond acceptors (Lipinski definition) is 2. The summed E-state index contributed by atoms with van der Waals surface area (Å²) in [5, 5.41) is 0. The van der Waals surface area contributed by atoms with Gasteiger partial charge in [0.2, 0.25) is 0 Å². The topological polar surface area (TPSA) is 6.48 Å². The largest absolute Gasteiger partial charge is 0.309 e. The third-order valence-corrected chi connectivity index (χ3v) is 4.13. The standard InChI is InChI=1S/C13H26N2.ClH/c1-14(2)8-5-9-15-10-12-6-3-4-7-13(12)11-15;/h12-13H,3-11H2,1-2H3;1H. The van der Waals surface area contributed by atoms with Gasteiger partial charge in [-0.3, -0.25) is 0 Å². The third-order valence-electron chi connectivity index (χ3n) is 4.13. The Morgan fingerprint density at radius 3 is 2.12 bits per heavy atom. The molecule has 2 rings (SSSR count). The summed E-state index contributed by atoms with van der Waals surface area (Å²) in [5.74, 6) is 2.11. The zero-order valence-electron chi connectivity index (χ0n) is 10.8. The molecule has 96 valence electrons. The lowest BCUT2D eigenvalue weighted by atomic mass is 9.82. The average molecular weight is 247 g/mol. The number of fused-ring (bicyclic) bond motifs is 1. The Hall–Kier alpha value is 0.210. The van der Waals surface area contributed by atoms with Gasteiger partial charge in [0.25, 0.3) is 0 Å². The highest BCUT2D eigenvalue weighted by Crippen LogP contribution is 2.35. The molecule has 1 saturated carbocycles. The number of hydrogen-bond donors (Lipinski definition) is 0. The van der Waals surface area contributed by atoms with Crippen LogP contribution in [0, 0.1) is 11.8 Å². The van der Waals surface area contributed by atoms with Gasteiger partial charge in [-0.15, -0.1) is 12.4 Å². The first-order chi connectivity index (χ1) is 7.25. The second-order valence-corrected chi connectivity index (χ2v) is 5.72. The van der Waals surface area contributed by atoms with Crippen molar-refractivity contribution >= 4 is 12.4 Å². The first kappa shape index (κ1) is 14.3. The van der Waals surface area contributed by atoms with Crippen LogP contribution in [0.3, 0.4) is 0 Å². The van der Waals surface area contributed by atoms with Crippen molar-refractivity contribution in [2.45, 2.75) is 32.1 Å². The summed E-state index contributed by atoms with van der Waals surface area (Å²) in [6, 6.07) is 0. The van der Waals surface area contributed by atoms with E-state index in [1.807, 2.05) is 0 Å². The van der Waals surface area contributed by atoms with Gasteiger partial charge < -0.3 is 9.80 Å². The van der Waals surface area contributed by atoms with Crippen molar-refractivity contribution in [3.63, 3.8) is 0 Å². The minimum Gasteiger partial charge on any atom is -0.309 e. The predicted molar refractivity (Wildman–Crippen MR) is 72.3 cm³/mol. The molecule has 0 N–H and O–H groups in total. The van der Waals surface area contributed by atoms with Gasteiger partial charge in [-0.25, -0.2) is 0 Å². The Kier molecular flexibility index (Phi) is 6.09. The summed E-state index contributed by atoms with van der Waals surface area (Å²) >= 11 is 0. The third kappa shape index (κ3) is 3.90. The molecule has 0 spiro atoms. The van der Waals surface area contributed by atoms with Crippen molar-refractivity contribution in [2.24, 2.45) is 11.8 Å². The first-order valence-electron chi connectivity index (χ1n) is 6.63. The first-order valence-corrected chi connectivity index (χ1v) is 6.63. The normalized spacial score (nSPS) is 30.2. The monoisotopic (exact) mass is 246 g/mol. The lowest BCUT2D eigenvalue weighted by molar-refractivity contribution is 0.291. The Labute approximate surface area is 107 Å². The molecule has 0 radical (unpaired) electrons. The van der Waals surface area contributed by atoms with Crippen LogP contribution in [-0.2, 0) is 0 Å². The lowest BCUT2D eigenvalue weighted by Gasteiger charge is -2.23. The summed E-state index contributed by atoms with van der Waals surface area (Å²) in [7, 11) is 4.34. The molecule has 3 heteroatoms. The van der Waals surface area contributed by atoms with Crippen LogP contribution in [0.4, 0.5) is 0 Å². The molecule has 2 fully saturated rings. The van der Waals surface area contributed by atoms with Gasteiger partial charge in [0, 0.05) is 13.1 Å². The molecule has 2 atom stereocenters. The number of likely N-dealkylation sites (tertiary alicyclic amines) is 1. The molecular weight excluding hydrogens is 220 g/mol. The van der Waals surface area contributed by atoms with Crippen LogP contribution in [0.2, 0.25) is 0 Å². The van der Waals surface area contributed by atoms with E-state index < -0.39 is 0 Å². The van der Waals surface area contributed by atoms with Crippen LogP contribution >= 0.6 is 12.4 Å². The van der Waals surface area contributed by atoms with Crippen molar-refractivity contribution in [2.75, 3.05) is 40.3 Å². The molecule has 1 aliphatic carbocycles. The number of halogens is 1. The average Bonchev–Trinajstić information content (AvgIpc) is 2.59. The minimum absolute atomic E-state index is 0. The molecule has 2 aliphatic rings. The van der Waals surface area contributed by atoms with Crippen molar-refractivity contribution in [3.05, 3.63) is 0 Å². The van der Waals surface area contributed by atoms with E-state index in [0.717, 1.165) is 11.8 Å². The van der Waals surface area contributed by atoms with Gasteiger partial charge in [0.05, 0.1) is 0 Å². The van der Waals surface area contributed by atoms with Gasteiger partial charge in [-0.2, -0.15) is 0 Å². The van der Waals surface area contributed by atoms with Crippen LogP contribution in [0.15, 0.2) is 0 Å². The van der Waals surface area contributed by atoms with E-state index in [1.54, 1.807) is 0 Å². The van der Waals surface area contributed by atoms with Gasteiger partial charge in [0.15, 0.2) is 0 Å². The second-order valence-electron chi connectivity index (χ2n) is 5.72. The molecular formula is C13H27ClN2. The summed E-state index contributed by atoms with van der Waals surface area (Å²) in [6.07, 6.45) is 7.34. The molecule has 0 bridgehead atoms. The summed E-state index contributed by atoms with van der Waals surface area (Å²) in [4.78, 5) is 5.01. The van der Waals surface area contributed by atoms with Crippen LogP contribution in [0.1, 0.15) is 32.1 Å².